The van der Waals surface area contributed by atoms with Crippen molar-refractivity contribution in [2.24, 2.45) is 5.41 Å². The van der Waals surface area contributed by atoms with Gasteiger partial charge in [0, 0.05) is 16.6 Å². The zero-order valence-corrected chi connectivity index (χ0v) is 22.3. The van der Waals surface area contributed by atoms with Crippen molar-refractivity contribution in [1.29, 1.82) is 0 Å². The molecular formula is C27H33Cl2N3O4. The molecule has 2 aromatic carbocycles. The van der Waals surface area contributed by atoms with E-state index in [1.807, 2.05) is 24.3 Å². The highest BCUT2D eigenvalue weighted by Crippen LogP contribution is 2.56. The minimum Gasteiger partial charge on any atom is -0.394 e. The molecule has 0 saturated carbocycles. The lowest BCUT2D eigenvalue weighted by atomic mass is 9.69. The molecule has 0 aliphatic carbocycles. The number of amides is 3. The molecule has 4 rings (SSSR count). The first-order valence-electron chi connectivity index (χ1n) is 12.2. The summed E-state index contributed by atoms with van der Waals surface area (Å²) in [7, 11) is 0. The second kappa shape index (κ2) is 10.3. The number of urea groups is 1. The Hall–Kier alpha value is -2.16. The van der Waals surface area contributed by atoms with Gasteiger partial charge in [-0.05, 0) is 72.2 Å². The van der Waals surface area contributed by atoms with Crippen molar-refractivity contribution in [2.45, 2.75) is 57.6 Å². The Morgan fingerprint density at radius 3 is 2.67 bits per heavy atom. The van der Waals surface area contributed by atoms with Crippen LogP contribution < -0.4 is 15.5 Å². The summed E-state index contributed by atoms with van der Waals surface area (Å²) in [5.41, 5.74) is 2.04. The highest BCUT2D eigenvalue weighted by atomic mass is 35.5. The van der Waals surface area contributed by atoms with Gasteiger partial charge >= 0.3 is 6.03 Å². The van der Waals surface area contributed by atoms with E-state index in [2.05, 4.69) is 31.4 Å². The Balaban J connectivity index is 1.85. The molecule has 3 amide bonds. The Kier molecular flexibility index (Phi) is 7.70. The van der Waals surface area contributed by atoms with Gasteiger partial charge in [0.25, 0.3) is 0 Å². The van der Waals surface area contributed by atoms with Crippen molar-refractivity contribution in [3.63, 3.8) is 0 Å². The molecule has 0 radical (unpaired) electrons. The van der Waals surface area contributed by atoms with Gasteiger partial charge in [-0.25, -0.2) is 9.69 Å². The van der Waals surface area contributed by atoms with Crippen molar-refractivity contribution in [3.05, 3.63) is 63.1 Å². The molecule has 1 saturated heterocycles. The number of halogens is 2. The summed E-state index contributed by atoms with van der Waals surface area (Å²) in [6.45, 7) is 6.69. The van der Waals surface area contributed by atoms with Gasteiger partial charge in [-0.15, -0.1) is 0 Å². The predicted octanol–water partition coefficient (Wildman–Crippen LogP) is 4.35. The van der Waals surface area contributed by atoms with E-state index in [1.165, 1.54) is 4.90 Å². The van der Waals surface area contributed by atoms with Gasteiger partial charge in [0.15, 0.2) is 0 Å². The maximum atomic E-state index is 14.3. The first kappa shape index (κ1) is 26.9. The van der Waals surface area contributed by atoms with Crippen molar-refractivity contribution in [1.82, 2.24) is 10.6 Å². The van der Waals surface area contributed by atoms with Gasteiger partial charge < -0.3 is 20.8 Å². The van der Waals surface area contributed by atoms with Crippen LogP contribution in [0.5, 0.6) is 0 Å². The van der Waals surface area contributed by atoms with E-state index in [0.717, 1.165) is 16.7 Å². The van der Waals surface area contributed by atoms with E-state index in [9.17, 15) is 14.7 Å². The van der Waals surface area contributed by atoms with Gasteiger partial charge in [0.2, 0.25) is 5.91 Å². The summed E-state index contributed by atoms with van der Waals surface area (Å²) in [6, 6.07) is 10.1. The minimum absolute atomic E-state index is 0.0869. The first-order valence-corrected chi connectivity index (χ1v) is 13.0. The zero-order chi connectivity index (χ0) is 26.3. The molecule has 0 bridgehead atoms. The fourth-order valence-corrected chi connectivity index (χ4v) is 5.94. The third-order valence-corrected chi connectivity index (χ3v) is 7.32. The summed E-state index contributed by atoms with van der Waals surface area (Å²) in [4.78, 5) is 28.9. The minimum atomic E-state index is -1.01. The van der Waals surface area contributed by atoms with Crippen molar-refractivity contribution in [2.75, 3.05) is 24.6 Å². The summed E-state index contributed by atoms with van der Waals surface area (Å²) in [6.07, 6.45) is 0.407. The number of aliphatic hydroxyl groups is 2. The number of hydrogen-bond donors (Lipinski definition) is 4. The van der Waals surface area contributed by atoms with Gasteiger partial charge in [-0.1, -0.05) is 56.1 Å². The maximum absolute atomic E-state index is 14.3. The average Bonchev–Trinajstić information content (AvgIpc) is 3.33. The molecule has 0 unspecified atom stereocenters. The van der Waals surface area contributed by atoms with Crippen LogP contribution in [-0.4, -0.2) is 48.0 Å². The third-order valence-electron chi connectivity index (χ3n) is 6.87. The number of nitrogens with one attached hydrogen (secondary N) is 2. The summed E-state index contributed by atoms with van der Waals surface area (Å²) < 4.78 is 0. The molecule has 9 heteroatoms. The fourth-order valence-electron chi connectivity index (χ4n) is 5.50. The number of rotatable bonds is 6. The largest absolute Gasteiger partial charge is 0.394 e. The molecule has 2 aliphatic rings. The maximum Gasteiger partial charge on any atom is 0.328 e. The molecule has 1 spiro atoms. The molecule has 36 heavy (non-hydrogen) atoms. The lowest BCUT2D eigenvalue weighted by molar-refractivity contribution is -0.122. The number of aliphatic hydroxyl groups excluding tert-OH is 2. The van der Waals surface area contributed by atoms with Crippen molar-refractivity contribution in [3.8, 4) is 0 Å². The Labute approximate surface area is 221 Å². The monoisotopic (exact) mass is 533 g/mol. The SMILES string of the molecule is CC(C)(C)Cc1cc(Cl)cc2c1[C@@]1(CCN[C@@H]1c1cccc(Cl)c1)C(=O)N2C(=O)NCC[C@H](O)CO. The first-order chi connectivity index (χ1) is 17.0. The molecule has 3 atom stereocenters. The smallest absolute Gasteiger partial charge is 0.328 e. The van der Waals surface area contributed by atoms with E-state index < -0.39 is 24.2 Å². The highest BCUT2D eigenvalue weighted by molar-refractivity contribution is 6.32. The Morgan fingerprint density at radius 2 is 2.00 bits per heavy atom. The average molecular weight is 534 g/mol. The van der Waals surface area contributed by atoms with E-state index in [4.69, 9.17) is 28.3 Å². The van der Waals surface area contributed by atoms with Crippen LogP contribution in [-0.2, 0) is 16.6 Å². The fraction of sp³-hybridized carbons (Fsp3) is 0.481. The molecule has 7 nitrogen and oxygen atoms in total. The quantitative estimate of drug-likeness (QED) is 0.442. The number of anilines is 1. The van der Waals surface area contributed by atoms with Gasteiger partial charge in [0.1, 0.15) is 0 Å². The molecule has 2 aliphatic heterocycles. The molecule has 2 heterocycles. The highest BCUT2D eigenvalue weighted by Gasteiger charge is 2.60. The number of carbonyl (C=O) groups excluding carboxylic acids is 2. The van der Waals surface area contributed by atoms with E-state index in [-0.39, 0.29) is 30.3 Å². The molecule has 194 valence electrons. The number of benzene rings is 2. The van der Waals surface area contributed by atoms with Crippen LogP contribution in [0.4, 0.5) is 10.5 Å². The predicted molar refractivity (Wildman–Crippen MR) is 142 cm³/mol. The van der Waals surface area contributed by atoms with Gasteiger partial charge in [-0.3, -0.25) is 4.79 Å². The summed E-state index contributed by atoms with van der Waals surface area (Å²) in [5, 5.41) is 26.0. The normalized spacial score (nSPS) is 22.2. The van der Waals surface area contributed by atoms with Crippen LogP contribution >= 0.6 is 23.2 Å². The molecule has 0 aromatic heterocycles. The van der Waals surface area contributed by atoms with Gasteiger partial charge in [-0.2, -0.15) is 0 Å². The van der Waals surface area contributed by atoms with Gasteiger partial charge in [0.05, 0.1) is 29.9 Å². The van der Waals surface area contributed by atoms with E-state index in [1.54, 1.807) is 12.1 Å². The van der Waals surface area contributed by atoms with E-state index in [0.29, 0.717) is 35.1 Å². The van der Waals surface area contributed by atoms with Crippen molar-refractivity contribution >= 4 is 40.8 Å². The standard InChI is InChI=1S/C27H33Cl2N3O4/c1-26(2,3)14-17-12-19(29)13-21-22(17)27(8-10-30-23(27)16-5-4-6-18(28)11-16)24(35)32(21)25(36)31-9-7-20(34)15-33/h4-6,11-13,20,23,30,33-34H,7-10,14-15H2,1-3H3,(H,31,36)/t20-,23+,27+/m0/s1. The molecule has 4 N–H and O–H groups in total. The lowest BCUT2D eigenvalue weighted by Gasteiger charge is -2.33. The van der Waals surface area contributed by atoms with Crippen LogP contribution in [0.2, 0.25) is 10.0 Å². The van der Waals surface area contributed by atoms with Crippen LogP contribution in [0.25, 0.3) is 0 Å². The topological polar surface area (TPSA) is 102 Å². The van der Waals surface area contributed by atoms with Crippen LogP contribution in [0.1, 0.15) is 56.3 Å². The third kappa shape index (κ3) is 5.00. The lowest BCUT2D eigenvalue weighted by Crippen LogP contribution is -2.49. The molecule has 1 fully saturated rings. The van der Waals surface area contributed by atoms with Crippen molar-refractivity contribution < 1.29 is 19.8 Å². The number of fused-ring (bicyclic) bond motifs is 2. The summed E-state index contributed by atoms with van der Waals surface area (Å²) >= 11 is 12.9. The number of nitrogens with zero attached hydrogens (tertiary/aromatic N) is 1. The molecule has 2 aromatic rings. The second-order valence-corrected chi connectivity index (χ2v) is 11.7. The number of imide groups is 1. The molecular weight excluding hydrogens is 501 g/mol. The second-order valence-electron chi connectivity index (χ2n) is 10.9. The summed E-state index contributed by atoms with van der Waals surface area (Å²) in [5.74, 6) is -0.315. The van der Waals surface area contributed by atoms with Crippen LogP contribution in [0.15, 0.2) is 36.4 Å². The zero-order valence-electron chi connectivity index (χ0n) is 20.8. The van der Waals surface area contributed by atoms with E-state index >= 15 is 0 Å². The Morgan fingerprint density at radius 1 is 1.25 bits per heavy atom. The van der Waals surface area contributed by atoms with Crippen LogP contribution in [0, 0.1) is 5.41 Å². The van der Waals surface area contributed by atoms with Crippen LogP contribution in [0.3, 0.4) is 0 Å². The Bertz CT molecular complexity index is 1170. The number of hydrogen-bond acceptors (Lipinski definition) is 5. The number of carbonyl (C=O) groups is 2.